The summed E-state index contributed by atoms with van der Waals surface area (Å²) in [5, 5.41) is 0. The Kier molecular flexibility index (Phi) is 15.5. The monoisotopic (exact) mass is 316 g/mol. The molecule has 0 unspecified atom stereocenters. The van der Waals surface area contributed by atoms with Crippen LogP contribution in [0.1, 0.15) is 70.6 Å². The van der Waals surface area contributed by atoms with Crippen LogP contribution < -0.4 is 0 Å². The maximum absolute atomic E-state index is 10.9. The molecule has 0 amide bonds. The highest BCUT2D eigenvalue weighted by molar-refractivity contribution is 5.69. The molecule has 0 aliphatic heterocycles. The third kappa shape index (κ3) is 15.3. The van der Waals surface area contributed by atoms with Gasteiger partial charge in [0.25, 0.3) is 0 Å². The van der Waals surface area contributed by atoms with Crippen molar-refractivity contribution in [2.45, 2.75) is 70.6 Å². The SMILES string of the molecule is COC(=O)CCCCCCCCCOCCCCC(=O)OC. The number of methoxy groups -OCH3 is 2. The summed E-state index contributed by atoms with van der Waals surface area (Å²) >= 11 is 0. The summed E-state index contributed by atoms with van der Waals surface area (Å²) in [4.78, 5) is 21.8. The van der Waals surface area contributed by atoms with Crippen molar-refractivity contribution in [1.29, 1.82) is 0 Å². The first-order valence-electron chi connectivity index (χ1n) is 8.42. The van der Waals surface area contributed by atoms with Gasteiger partial charge in [-0.05, 0) is 25.7 Å². The van der Waals surface area contributed by atoms with Crippen molar-refractivity contribution in [3.05, 3.63) is 0 Å². The van der Waals surface area contributed by atoms with Crippen molar-refractivity contribution < 1.29 is 23.8 Å². The standard InChI is InChI=1S/C17H32O5/c1-20-16(18)12-8-6-4-3-5-7-10-14-22-15-11-9-13-17(19)21-2/h3-15H2,1-2H3. The van der Waals surface area contributed by atoms with E-state index in [9.17, 15) is 9.59 Å². The van der Waals surface area contributed by atoms with Gasteiger partial charge in [0.2, 0.25) is 0 Å². The molecule has 0 N–H and O–H groups in total. The van der Waals surface area contributed by atoms with Gasteiger partial charge in [-0.1, -0.05) is 32.1 Å². The first-order chi connectivity index (χ1) is 10.7. The topological polar surface area (TPSA) is 61.8 Å². The molecule has 0 aromatic carbocycles. The molecule has 0 bridgehead atoms. The Hall–Kier alpha value is -1.10. The quantitative estimate of drug-likeness (QED) is 0.341. The van der Waals surface area contributed by atoms with E-state index in [2.05, 4.69) is 9.47 Å². The number of hydrogen-bond donors (Lipinski definition) is 0. The smallest absolute Gasteiger partial charge is 0.305 e. The first kappa shape index (κ1) is 20.9. The van der Waals surface area contributed by atoms with E-state index in [1.54, 1.807) is 0 Å². The molecule has 5 heteroatoms. The lowest BCUT2D eigenvalue weighted by Crippen LogP contribution is -2.02. The number of esters is 2. The van der Waals surface area contributed by atoms with Gasteiger partial charge < -0.3 is 14.2 Å². The Morgan fingerprint density at radius 1 is 0.591 bits per heavy atom. The van der Waals surface area contributed by atoms with Gasteiger partial charge in [-0.25, -0.2) is 0 Å². The average molecular weight is 316 g/mol. The van der Waals surface area contributed by atoms with Crippen LogP contribution in [0.3, 0.4) is 0 Å². The van der Waals surface area contributed by atoms with Crippen molar-refractivity contribution in [2.24, 2.45) is 0 Å². The summed E-state index contributed by atoms with van der Waals surface area (Å²) < 4.78 is 14.7. The second kappa shape index (κ2) is 16.3. The lowest BCUT2D eigenvalue weighted by molar-refractivity contribution is -0.141. The average Bonchev–Trinajstić information content (AvgIpc) is 2.54. The van der Waals surface area contributed by atoms with Crippen molar-refractivity contribution in [3.63, 3.8) is 0 Å². The highest BCUT2D eigenvalue weighted by Gasteiger charge is 2.00. The Labute approximate surface area is 134 Å². The summed E-state index contributed by atoms with van der Waals surface area (Å²) in [7, 11) is 2.85. The second-order valence-corrected chi connectivity index (χ2v) is 5.45. The second-order valence-electron chi connectivity index (χ2n) is 5.45. The van der Waals surface area contributed by atoms with Crippen molar-refractivity contribution in [2.75, 3.05) is 27.4 Å². The Bertz CT molecular complexity index is 250. The highest BCUT2D eigenvalue weighted by atomic mass is 16.5. The predicted octanol–water partition coefficient (Wildman–Crippen LogP) is 3.64. The zero-order valence-electron chi connectivity index (χ0n) is 14.2. The number of carbonyl (C=O) groups is 2. The molecule has 0 atom stereocenters. The van der Waals surface area contributed by atoms with Crippen LogP contribution in [0.5, 0.6) is 0 Å². The van der Waals surface area contributed by atoms with Crippen molar-refractivity contribution in [3.8, 4) is 0 Å². The van der Waals surface area contributed by atoms with E-state index in [1.165, 1.54) is 39.9 Å². The summed E-state index contributed by atoms with van der Waals surface area (Å²) in [6, 6.07) is 0. The molecule has 0 aliphatic carbocycles. The van der Waals surface area contributed by atoms with E-state index in [1.807, 2.05) is 0 Å². The molecule has 5 nitrogen and oxygen atoms in total. The summed E-state index contributed by atoms with van der Waals surface area (Å²) in [6.45, 7) is 1.53. The van der Waals surface area contributed by atoms with Crippen LogP contribution >= 0.6 is 0 Å². The Morgan fingerprint density at radius 2 is 0.955 bits per heavy atom. The molecule has 0 rings (SSSR count). The molecule has 0 fully saturated rings. The summed E-state index contributed by atoms with van der Waals surface area (Å²) in [6.07, 6.45) is 10.7. The van der Waals surface area contributed by atoms with E-state index in [0.29, 0.717) is 12.8 Å². The van der Waals surface area contributed by atoms with Crippen LogP contribution in [0.4, 0.5) is 0 Å². The van der Waals surface area contributed by atoms with E-state index < -0.39 is 0 Å². The van der Waals surface area contributed by atoms with Crippen LogP contribution in [0.25, 0.3) is 0 Å². The van der Waals surface area contributed by atoms with Gasteiger partial charge in [0.15, 0.2) is 0 Å². The minimum Gasteiger partial charge on any atom is -0.469 e. The fourth-order valence-corrected chi connectivity index (χ4v) is 2.14. The Balaban J connectivity index is 3.05. The van der Waals surface area contributed by atoms with Gasteiger partial charge in [-0.3, -0.25) is 9.59 Å². The molecule has 0 aromatic heterocycles. The number of rotatable bonds is 15. The van der Waals surface area contributed by atoms with Gasteiger partial charge >= 0.3 is 11.9 Å². The lowest BCUT2D eigenvalue weighted by atomic mass is 10.1. The molecule has 0 heterocycles. The molecule has 130 valence electrons. The van der Waals surface area contributed by atoms with Crippen molar-refractivity contribution in [1.82, 2.24) is 0 Å². The van der Waals surface area contributed by atoms with Crippen LogP contribution in [-0.2, 0) is 23.8 Å². The van der Waals surface area contributed by atoms with Crippen LogP contribution in [0.2, 0.25) is 0 Å². The number of hydrogen-bond acceptors (Lipinski definition) is 5. The molecule has 0 saturated carbocycles. The zero-order valence-corrected chi connectivity index (χ0v) is 14.2. The van der Waals surface area contributed by atoms with E-state index in [4.69, 9.17) is 4.74 Å². The van der Waals surface area contributed by atoms with Crippen LogP contribution in [0.15, 0.2) is 0 Å². The predicted molar refractivity (Wildman–Crippen MR) is 85.6 cm³/mol. The van der Waals surface area contributed by atoms with E-state index in [0.717, 1.165) is 45.3 Å². The van der Waals surface area contributed by atoms with Gasteiger partial charge in [0.05, 0.1) is 14.2 Å². The normalized spacial score (nSPS) is 10.5. The third-order valence-corrected chi connectivity index (χ3v) is 3.54. The largest absolute Gasteiger partial charge is 0.469 e. The molecule has 0 radical (unpaired) electrons. The molecular formula is C17H32O5. The highest BCUT2D eigenvalue weighted by Crippen LogP contribution is 2.09. The fraction of sp³-hybridized carbons (Fsp3) is 0.882. The molecule has 0 aliphatic rings. The number of unbranched alkanes of at least 4 members (excludes halogenated alkanes) is 7. The minimum absolute atomic E-state index is 0.108. The van der Waals surface area contributed by atoms with Gasteiger partial charge in [-0.2, -0.15) is 0 Å². The van der Waals surface area contributed by atoms with Gasteiger partial charge in [0, 0.05) is 26.1 Å². The van der Waals surface area contributed by atoms with E-state index >= 15 is 0 Å². The summed E-state index contributed by atoms with van der Waals surface area (Å²) in [5.74, 6) is -0.254. The fourth-order valence-electron chi connectivity index (χ4n) is 2.14. The zero-order chi connectivity index (χ0) is 16.5. The molecule has 0 aromatic rings. The van der Waals surface area contributed by atoms with Crippen LogP contribution in [-0.4, -0.2) is 39.4 Å². The van der Waals surface area contributed by atoms with Gasteiger partial charge in [-0.15, -0.1) is 0 Å². The first-order valence-corrected chi connectivity index (χ1v) is 8.42. The lowest BCUT2D eigenvalue weighted by Gasteiger charge is -2.04. The molecule has 22 heavy (non-hydrogen) atoms. The van der Waals surface area contributed by atoms with Crippen LogP contribution in [0, 0.1) is 0 Å². The maximum Gasteiger partial charge on any atom is 0.305 e. The number of carbonyl (C=O) groups excluding carboxylic acids is 2. The summed E-state index contributed by atoms with van der Waals surface area (Å²) in [5.41, 5.74) is 0. The molecule has 0 saturated heterocycles. The third-order valence-electron chi connectivity index (χ3n) is 3.54. The molecular weight excluding hydrogens is 284 g/mol. The number of ether oxygens (including phenoxy) is 3. The van der Waals surface area contributed by atoms with Gasteiger partial charge in [0.1, 0.15) is 0 Å². The molecule has 0 spiro atoms. The minimum atomic E-state index is -0.147. The van der Waals surface area contributed by atoms with E-state index in [-0.39, 0.29) is 11.9 Å². The Morgan fingerprint density at radius 3 is 1.45 bits per heavy atom. The maximum atomic E-state index is 10.9. The van der Waals surface area contributed by atoms with Crippen molar-refractivity contribution >= 4 is 11.9 Å².